The van der Waals surface area contributed by atoms with E-state index in [1.54, 1.807) is 6.20 Å². The molecule has 1 heterocycles. The first-order valence-corrected chi connectivity index (χ1v) is 6.57. The number of nitrogens with one attached hydrogen (secondary N) is 1. The molecule has 19 heavy (non-hydrogen) atoms. The van der Waals surface area contributed by atoms with Gasteiger partial charge in [-0.2, -0.15) is 0 Å². The zero-order valence-corrected chi connectivity index (χ0v) is 11.5. The lowest BCUT2D eigenvalue weighted by Gasteiger charge is -2.15. The quantitative estimate of drug-likeness (QED) is 0.863. The van der Waals surface area contributed by atoms with Crippen LogP contribution in [0.15, 0.2) is 48.8 Å². The van der Waals surface area contributed by atoms with Gasteiger partial charge in [0.2, 0.25) is 0 Å². The minimum absolute atomic E-state index is 0.138. The number of aryl methyl sites for hydroxylation is 1. The predicted molar refractivity (Wildman–Crippen MR) is 77.2 cm³/mol. The molecular weight excluding hydrogens is 236 g/mol. The fraction of sp³-hybridized carbons (Fsp3) is 0.312. The van der Waals surface area contributed by atoms with E-state index in [0.717, 1.165) is 18.8 Å². The summed E-state index contributed by atoms with van der Waals surface area (Å²) in [5.74, 6) is 0.918. The highest BCUT2D eigenvalue weighted by atomic mass is 16.5. The van der Waals surface area contributed by atoms with Crippen molar-refractivity contribution in [1.82, 2.24) is 10.3 Å². The summed E-state index contributed by atoms with van der Waals surface area (Å²) in [6, 6.07) is 12.1. The highest BCUT2D eigenvalue weighted by Crippen LogP contribution is 2.12. The second-order valence-corrected chi connectivity index (χ2v) is 4.73. The van der Waals surface area contributed by atoms with Gasteiger partial charge in [-0.15, -0.1) is 0 Å². The normalized spacial score (nSPS) is 12.1. The van der Waals surface area contributed by atoms with E-state index in [1.807, 2.05) is 24.4 Å². The van der Waals surface area contributed by atoms with Gasteiger partial charge in [0.15, 0.2) is 0 Å². The molecule has 1 unspecified atom stereocenters. The van der Waals surface area contributed by atoms with Gasteiger partial charge < -0.3 is 10.1 Å². The van der Waals surface area contributed by atoms with Crippen molar-refractivity contribution in [3.05, 3.63) is 59.9 Å². The molecule has 1 aromatic heterocycles. The molecule has 0 saturated heterocycles. The van der Waals surface area contributed by atoms with Crippen LogP contribution in [0.4, 0.5) is 0 Å². The first-order chi connectivity index (χ1) is 9.24. The second kappa shape index (κ2) is 6.90. The maximum Gasteiger partial charge on any atom is 0.119 e. The van der Waals surface area contributed by atoms with E-state index in [-0.39, 0.29) is 6.10 Å². The van der Waals surface area contributed by atoms with Crippen molar-refractivity contribution in [3.63, 3.8) is 0 Å². The Morgan fingerprint density at radius 3 is 2.68 bits per heavy atom. The maximum absolute atomic E-state index is 5.83. The lowest BCUT2D eigenvalue weighted by molar-refractivity contribution is 0.217. The first kappa shape index (κ1) is 13.6. The molecule has 0 aliphatic rings. The molecule has 100 valence electrons. The highest BCUT2D eigenvalue weighted by molar-refractivity contribution is 5.26. The van der Waals surface area contributed by atoms with Crippen LogP contribution in [0.3, 0.4) is 0 Å². The van der Waals surface area contributed by atoms with Gasteiger partial charge in [-0.25, -0.2) is 0 Å². The van der Waals surface area contributed by atoms with Gasteiger partial charge in [0.25, 0.3) is 0 Å². The van der Waals surface area contributed by atoms with E-state index < -0.39 is 0 Å². The SMILES string of the molecule is Cc1ccc(OC(C)CNCc2cccnc2)cc1. The summed E-state index contributed by atoms with van der Waals surface area (Å²) in [4.78, 5) is 4.09. The molecule has 1 atom stereocenters. The Morgan fingerprint density at radius 2 is 2.00 bits per heavy atom. The summed E-state index contributed by atoms with van der Waals surface area (Å²) >= 11 is 0. The fourth-order valence-electron chi connectivity index (χ4n) is 1.81. The van der Waals surface area contributed by atoms with E-state index in [2.05, 4.69) is 42.3 Å². The summed E-state index contributed by atoms with van der Waals surface area (Å²) in [6.45, 7) is 5.76. The van der Waals surface area contributed by atoms with Crippen LogP contribution < -0.4 is 10.1 Å². The van der Waals surface area contributed by atoms with Gasteiger partial charge in [-0.3, -0.25) is 4.98 Å². The summed E-state index contributed by atoms with van der Waals surface area (Å²) < 4.78 is 5.83. The minimum Gasteiger partial charge on any atom is -0.489 e. The molecular formula is C16H20N2O. The summed E-state index contributed by atoms with van der Waals surface area (Å²) in [7, 11) is 0. The third-order valence-corrected chi connectivity index (χ3v) is 2.84. The molecule has 1 N–H and O–H groups in total. The third-order valence-electron chi connectivity index (χ3n) is 2.84. The molecule has 0 saturated carbocycles. The van der Waals surface area contributed by atoms with E-state index in [9.17, 15) is 0 Å². The smallest absolute Gasteiger partial charge is 0.119 e. The Balaban J connectivity index is 1.73. The maximum atomic E-state index is 5.83. The van der Waals surface area contributed by atoms with Crippen molar-refractivity contribution >= 4 is 0 Å². The zero-order chi connectivity index (χ0) is 13.5. The molecule has 0 fully saturated rings. The van der Waals surface area contributed by atoms with E-state index >= 15 is 0 Å². The Hall–Kier alpha value is -1.87. The van der Waals surface area contributed by atoms with Crippen LogP contribution in [0.2, 0.25) is 0 Å². The fourth-order valence-corrected chi connectivity index (χ4v) is 1.81. The Labute approximate surface area is 114 Å². The van der Waals surface area contributed by atoms with Crippen LogP contribution >= 0.6 is 0 Å². The van der Waals surface area contributed by atoms with Crippen LogP contribution in [0.25, 0.3) is 0 Å². The van der Waals surface area contributed by atoms with E-state index in [1.165, 1.54) is 11.1 Å². The number of nitrogens with zero attached hydrogens (tertiary/aromatic N) is 1. The topological polar surface area (TPSA) is 34.1 Å². The van der Waals surface area contributed by atoms with Gasteiger partial charge in [0.1, 0.15) is 11.9 Å². The lowest BCUT2D eigenvalue weighted by Crippen LogP contribution is -2.28. The van der Waals surface area contributed by atoms with Crippen LogP contribution in [0.5, 0.6) is 5.75 Å². The van der Waals surface area contributed by atoms with E-state index in [4.69, 9.17) is 4.74 Å². The third kappa shape index (κ3) is 4.72. The van der Waals surface area contributed by atoms with Crippen LogP contribution in [-0.4, -0.2) is 17.6 Å². The van der Waals surface area contributed by atoms with Crippen molar-refractivity contribution in [1.29, 1.82) is 0 Å². The molecule has 2 rings (SSSR count). The molecule has 0 aliphatic carbocycles. The second-order valence-electron chi connectivity index (χ2n) is 4.73. The van der Waals surface area contributed by atoms with Crippen LogP contribution in [0.1, 0.15) is 18.1 Å². The van der Waals surface area contributed by atoms with Gasteiger partial charge in [-0.05, 0) is 37.6 Å². The number of ether oxygens (including phenoxy) is 1. The lowest BCUT2D eigenvalue weighted by atomic mass is 10.2. The Kier molecular flexibility index (Phi) is 4.93. The number of hydrogen-bond acceptors (Lipinski definition) is 3. The number of pyridine rings is 1. The molecule has 1 aromatic carbocycles. The standard InChI is InChI=1S/C16H20N2O/c1-13-5-7-16(8-6-13)19-14(2)10-18-12-15-4-3-9-17-11-15/h3-9,11,14,18H,10,12H2,1-2H3. The largest absolute Gasteiger partial charge is 0.489 e. The molecule has 3 heteroatoms. The predicted octanol–water partition coefficient (Wildman–Crippen LogP) is 2.95. The van der Waals surface area contributed by atoms with Crippen molar-refractivity contribution < 1.29 is 4.74 Å². The molecule has 3 nitrogen and oxygen atoms in total. The minimum atomic E-state index is 0.138. The molecule has 0 spiro atoms. The number of rotatable bonds is 6. The Bertz CT molecular complexity index is 482. The molecule has 2 aromatic rings. The van der Waals surface area contributed by atoms with Gasteiger partial charge >= 0.3 is 0 Å². The van der Waals surface area contributed by atoms with Crippen molar-refractivity contribution in [2.75, 3.05) is 6.54 Å². The van der Waals surface area contributed by atoms with Crippen LogP contribution in [0, 0.1) is 6.92 Å². The van der Waals surface area contributed by atoms with Gasteiger partial charge in [0.05, 0.1) is 0 Å². The number of hydrogen-bond donors (Lipinski definition) is 1. The molecule has 0 bridgehead atoms. The summed E-state index contributed by atoms with van der Waals surface area (Å²) in [5.41, 5.74) is 2.43. The highest BCUT2D eigenvalue weighted by Gasteiger charge is 2.03. The van der Waals surface area contributed by atoms with Gasteiger partial charge in [0, 0.05) is 25.5 Å². The number of aromatic nitrogens is 1. The average Bonchev–Trinajstić information content (AvgIpc) is 2.43. The van der Waals surface area contributed by atoms with Crippen molar-refractivity contribution in [3.8, 4) is 5.75 Å². The first-order valence-electron chi connectivity index (χ1n) is 6.57. The molecule has 0 radical (unpaired) electrons. The molecule has 0 amide bonds. The van der Waals surface area contributed by atoms with Crippen molar-refractivity contribution in [2.24, 2.45) is 0 Å². The monoisotopic (exact) mass is 256 g/mol. The summed E-state index contributed by atoms with van der Waals surface area (Å²) in [6.07, 6.45) is 3.80. The Morgan fingerprint density at radius 1 is 1.21 bits per heavy atom. The molecule has 0 aliphatic heterocycles. The van der Waals surface area contributed by atoms with E-state index in [0.29, 0.717) is 0 Å². The number of benzene rings is 1. The van der Waals surface area contributed by atoms with Gasteiger partial charge in [-0.1, -0.05) is 23.8 Å². The van der Waals surface area contributed by atoms with Crippen molar-refractivity contribution in [2.45, 2.75) is 26.5 Å². The average molecular weight is 256 g/mol. The summed E-state index contributed by atoms with van der Waals surface area (Å²) in [5, 5.41) is 3.37. The van der Waals surface area contributed by atoms with Crippen LogP contribution in [-0.2, 0) is 6.54 Å². The zero-order valence-electron chi connectivity index (χ0n) is 11.5.